The molecule has 0 spiro atoms. The van der Waals surface area contributed by atoms with E-state index in [1.165, 1.54) is 0 Å². The third-order valence-electron chi connectivity index (χ3n) is 5.47. The predicted octanol–water partition coefficient (Wildman–Crippen LogP) is 5.50. The molecule has 0 aliphatic heterocycles. The lowest BCUT2D eigenvalue weighted by atomic mass is 10.2. The summed E-state index contributed by atoms with van der Waals surface area (Å²) in [6.07, 6.45) is 0. The zero-order valence-electron chi connectivity index (χ0n) is 19.1. The van der Waals surface area contributed by atoms with Crippen molar-refractivity contribution < 1.29 is 9.47 Å². The number of fused-ring (bicyclic) bond motifs is 1. The topological polar surface area (TPSA) is 75.0 Å². The molecule has 0 N–H and O–H groups in total. The van der Waals surface area contributed by atoms with E-state index in [4.69, 9.17) is 19.4 Å². The first-order chi connectivity index (χ1) is 16.7. The number of benzene rings is 3. The van der Waals surface area contributed by atoms with E-state index in [0.29, 0.717) is 5.75 Å². The van der Waals surface area contributed by atoms with Gasteiger partial charge in [-0.05, 0) is 55.5 Å². The lowest BCUT2D eigenvalue weighted by molar-refractivity contribution is 0.414. The van der Waals surface area contributed by atoms with Gasteiger partial charge in [0.15, 0.2) is 11.0 Å². The molecule has 0 fully saturated rings. The number of hydrogen-bond acceptors (Lipinski definition) is 7. The molecule has 0 aliphatic rings. The summed E-state index contributed by atoms with van der Waals surface area (Å²) in [5.74, 6) is 2.90. The second kappa shape index (κ2) is 9.52. The van der Waals surface area contributed by atoms with Crippen molar-refractivity contribution in [1.29, 1.82) is 0 Å². The lowest BCUT2D eigenvalue weighted by Gasteiger charge is -2.12. The highest BCUT2D eigenvalue weighted by Gasteiger charge is 2.18. The zero-order valence-corrected chi connectivity index (χ0v) is 19.9. The highest BCUT2D eigenvalue weighted by molar-refractivity contribution is 7.98. The van der Waals surface area contributed by atoms with Gasteiger partial charge in [0.25, 0.3) is 0 Å². The Kier molecular flexibility index (Phi) is 6.14. The summed E-state index contributed by atoms with van der Waals surface area (Å²) in [7, 11) is 3.31. The van der Waals surface area contributed by atoms with Gasteiger partial charge in [-0.3, -0.25) is 4.57 Å². The number of thioether (sulfide) groups is 1. The molecule has 5 rings (SSSR count). The van der Waals surface area contributed by atoms with Crippen molar-refractivity contribution in [1.82, 2.24) is 24.7 Å². The number of aryl methyl sites for hydroxylation is 1. The van der Waals surface area contributed by atoms with Gasteiger partial charge in [-0.15, -0.1) is 10.2 Å². The van der Waals surface area contributed by atoms with Crippen LogP contribution in [-0.4, -0.2) is 39.0 Å². The van der Waals surface area contributed by atoms with Crippen molar-refractivity contribution in [3.8, 4) is 28.6 Å². The Labute approximate surface area is 201 Å². The first-order valence-corrected chi connectivity index (χ1v) is 11.7. The van der Waals surface area contributed by atoms with Gasteiger partial charge < -0.3 is 9.47 Å². The van der Waals surface area contributed by atoms with Gasteiger partial charge in [0.1, 0.15) is 11.5 Å². The molecule has 7 nitrogen and oxygen atoms in total. The summed E-state index contributed by atoms with van der Waals surface area (Å²) in [4.78, 5) is 9.54. The average molecular weight is 470 g/mol. The Balaban J connectivity index is 1.54. The quantitative estimate of drug-likeness (QED) is 0.292. The number of hydrogen-bond donors (Lipinski definition) is 0. The average Bonchev–Trinajstić information content (AvgIpc) is 3.31. The van der Waals surface area contributed by atoms with Gasteiger partial charge in [-0.25, -0.2) is 9.97 Å². The van der Waals surface area contributed by atoms with Crippen molar-refractivity contribution in [2.75, 3.05) is 14.2 Å². The van der Waals surface area contributed by atoms with Crippen molar-refractivity contribution in [2.24, 2.45) is 0 Å². The Hall–Kier alpha value is -3.91. The molecule has 0 amide bonds. The van der Waals surface area contributed by atoms with E-state index in [1.54, 1.807) is 26.0 Å². The van der Waals surface area contributed by atoms with Gasteiger partial charge in [-0.1, -0.05) is 36.0 Å². The summed E-state index contributed by atoms with van der Waals surface area (Å²) in [6, 6.07) is 23.6. The van der Waals surface area contributed by atoms with E-state index in [0.717, 1.165) is 56.2 Å². The minimum atomic E-state index is 0.621. The molecule has 2 aromatic heterocycles. The Morgan fingerprint density at radius 3 is 2.26 bits per heavy atom. The van der Waals surface area contributed by atoms with Crippen LogP contribution in [0.15, 0.2) is 78.0 Å². The van der Waals surface area contributed by atoms with Crippen LogP contribution < -0.4 is 9.47 Å². The number of para-hydroxylation sites is 2. The molecule has 0 aliphatic carbocycles. The summed E-state index contributed by atoms with van der Waals surface area (Å²) >= 11 is 1.58. The zero-order chi connectivity index (χ0) is 23.5. The highest BCUT2D eigenvalue weighted by atomic mass is 32.2. The second-order valence-corrected chi connectivity index (χ2v) is 8.55. The maximum atomic E-state index is 5.42. The van der Waals surface area contributed by atoms with Crippen LogP contribution in [0.4, 0.5) is 0 Å². The maximum Gasteiger partial charge on any atom is 0.196 e. The number of nitrogens with zero attached hydrogens (tertiary/aromatic N) is 5. The number of rotatable bonds is 7. The Bertz CT molecular complexity index is 1450. The van der Waals surface area contributed by atoms with Gasteiger partial charge in [0, 0.05) is 17.0 Å². The maximum absolute atomic E-state index is 5.42. The van der Waals surface area contributed by atoms with Gasteiger partial charge in [0.05, 0.1) is 36.6 Å². The fourth-order valence-corrected chi connectivity index (χ4v) is 4.63. The van der Waals surface area contributed by atoms with E-state index in [2.05, 4.69) is 10.2 Å². The lowest BCUT2D eigenvalue weighted by Crippen LogP contribution is -2.01. The van der Waals surface area contributed by atoms with Gasteiger partial charge >= 0.3 is 0 Å². The van der Waals surface area contributed by atoms with E-state index >= 15 is 0 Å². The SMILES string of the molecule is COc1ccc(-n2c(SCc3nc4ccccc4nc3C)nnc2-c2cccc(OC)c2)cc1. The van der Waals surface area contributed by atoms with Crippen molar-refractivity contribution in [3.63, 3.8) is 0 Å². The van der Waals surface area contributed by atoms with Crippen LogP contribution in [0, 0.1) is 6.92 Å². The fraction of sp³-hybridized carbons (Fsp3) is 0.154. The van der Waals surface area contributed by atoms with Crippen LogP contribution in [0.25, 0.3) is 28.1 Å². The van der Waals surface area contributed by atoms with Crippen LogP contribution in [0.5, 0.6) is 11.5 Å². The molecule has 0 bridgehead atoms. The van der Waals surface area contributed by atoms with Crippen LogP contribution in [0.3, 0.4) is 0 Å². The number of methoxy groups -OCH3 is 2. The van der Waals surface area contributed by atoms with Crippen molar-refractivity contribution >= 4 is 22.8 Å². The third-order valence-corrected chi connectivity index (χ3v) is 6.41. The predicted molar refractivity (Wildman–Crippen MR) is 134 cm³/mol. The van der Waals surface area contributed by atoms with Crippen molar-refractivity contribution in [2.45, 2.75) is 17.8 Å². The first-order valence-electron chi connectivity index (χ1n) is 10.8. The minimum Gasteiger partial charge on any atom is -0.497 e. The van der Waals surface area contributed by atoms with E-state index in [1.807, 2.05) is 84.3 Å². The van der Waals surface area contributed by atoms with E-state index in [-0.39, 0.29) is 0 Å². The molecule has 0 saturated carbocycles. The molecule has 3 aromatic carbocycles. The molecule has 34 heavy (non-hydrogen) atoms. The molecule has 5 aromatic rings. The van der Waals surface area contributed by atoms with Gasteiger partial charge in [0.2, 0.25) is 0 Å². The first kappa shape index (κ1) is 21.9. The summed E-state index contributed by atoms with van der Waals surface area (Å²) in [6.45, 7) is 1.99. The van der Waals surface area contributed by atoms with E-state index < -0.39 is 0 Å². The van der Waals surface area contributed by atoms with Gasteiger partial charge in [-0.2, -0.15) is 0 Å². The monoisotopic (exact) mass is 469 g/mol. The molecule has 0 saturated heterocycles. The van der Waals surface area contributed by atoms with Crippen LogP contribution in [0.1, 0.15) is 11.4 Å². The van der Waals surface area contributed by atoms with Crippen molar-refractivity contribution in [3.05, 3.63) is 84.2 Å². The third kappa shape index (κ3) is 4.32. The normalized spacial score (nSPS) is 11.0. The molecular formula is C26H23N5O2S. The number of aromatic nitrogens is 5. The van der Waals surface area contributed by atoms with E-state index in [9.17, 15) is 0 Å². The van der Waals surface area contributed by atoms with Crippen LogP contribution in [0.2, 0.25) is 0 Å². The van der Waals surface area contributed by atoms with Crippen LogP contribution in [-0.2, 0) is 5.75 Å². The Morgan fingerprint density at radius 1 is 0.794 bits per heavy atom. The standard InChI is InChI=1S/C26H23N5O2S/c1-17-24(28-23-10-5-4-9-22(23)27-17)16-34-26-30-29-25(18-7-6-8-21(15-18)33-3)31(26)19-11-13-20(32-2)14-12-19/h4-15H,16H2,1-3H3. The minimum absolute atomic E-state index is 0.621. The largest absolute Gasteiger partial charge is 0.497 e. The molecule has 2 heterocycles. The summed E-state index contributed by atoms with van der Waals surface area (Å²) in [5.41, 5.74) is 5.47. The molecule has 8 heteroatoms. The highest BCUT2D eigenvalue weighted by Crippen LogP contribution is 2.32. The Morgan fingerprint density at radius 2 is 1.53 bits per heavy atom. The number of ether oxygens (including phenoxy) is 2. The van der Waals surface area contributed by atoms with Crippen LogP contribution >= 0.6 is 11.8 Å². The summed E-state index contributed by atoms with van der Waals surface area (Å²) < 4.78 is 12.8. The smallest absolute Gasteiger partial charge is 0.196 e. The molecule has 170 valence electrons. The molecule has 0 atom stereocenters. The molecule has 0 radical (unpaired) electrons. The second-order valence-electron chi connectivity index (χ2n) is 7.60. The molecular weight excluding hydrogens is 446 g/mol. The summed E-state index contributed by atoms with van der Waals surface area (Å²) in [5, 5.41) is 9.83. The fourth-order valence-electron chi connectivity index (χ4n) is 3.67. The molecule has 0 unspecified atom stereocenters.